The predicted octanol–water partition coefficient (Wildman–Crippen LogP) is -3.82. The van der Waals surface area contributed by atoms with E-state index in [1.165, 1.54) is 0 Å². The number of rotatable bonds is 6. The molecule has 0 N–H and O–H groups in total. The van der Waals surface area contributed by atoms with Crippen LogP contribution in [-0.4, -0.2) is 21.3 Å². The topological polar surface area (TPSA) is 50.8 Å². The molecule has 4 nitrogen and oxygen atoms in total. The average molecular weight is 300 g/mol. The second-order valence-corrected chi connectivity index (χ2v) is 4.42. The van der Waals surface area contributed by atoms with Gasteiger partial charge in [0.2, 0.25) is 0 Å². The zero-order chi connectivity index (χ0) is 15.2. The number of hydrogen-bond donors (Lipinski definition) is 0. The van der Waals surface area contributed by atoms with Crippen LogP contribution >= 0.6 is 0 Å². The Labute approximate surface area is 161 Å². The molecule has 0 saturated carbocycles. The van der Waals surface area contributed by atoms with Gasteiger partial charge in [0.15, 0.2) is 0 Å². The summed E-state index contributed by atoms with van der Waals surface area (Å²) in [5.41, 5.74) is 2.29. The molecule has 0 spiro atoms. The maximum Gasteiger partial charge on any atom is 1.00 e. The van der Waals surface area contributed by atoms with Crippen LogP contribution in [0.3, 0.4) is 0 Å². The predicted molar refractivity (Wildman–Crippen MR) is 78.7 cm³/mol. The molecular formula is C17H18Li2O4. The first-order valence-electron chi connectivity index (χ1n) is 6.54. The van der Waals surface area contributed by atoms with Crippen molar-refractivity contribution in [3.8, 4) is 17.2 Å². The number of ether oxygens (including phenoxy) is 3. The van der Waals surface area contributed by atoms with Crippen molar-refractivity contribution in [3.63, 3.8) is 0 Å². The normalized spacial score (nSPS) is 9.22. The minimum atomic E-state index is -0.345. The number of benzene rings is 2. The summed E-state index contributed by atoms with van der Waals surface area (Å²) in [6.07, 6.45) is 1.90. The van der Waals surface area contributed by atoms with Gasteiger partial charge < -0.3 is 19.3 Å². The molecule has 2 aromatic carbocycles. The van der Waals surface area contributed by atoms with Gasteiger partial charge in [0, 0.05) is 0 Å². The van der Waals surface area contributed by atoms with Gasteiger partial charge in [-0.2, -0.15) is 0 Å². The fraction of sp³-hybridized carbons (Fsp3) is 0.235. The third-order valence-corrected chi connectivity index (χ3v) is 3.28. The second kappa shape index (κ2) is 10.6. The van der Waals surface area contributed by atoms with E-state index in [2.05, 4.69) is 0 Å². The van der Waals surface area contributed by atoms with Gasteiger partial charge in [0.25, 0.3) is 0 Å². The molecule has 0 amide bonds. The van der Waals surface area contributed by atoms with Gasteiger partial charge in [-0.1, -0.05) is 29.3 Å². The van der Waals surface area contributed by atoms with Crippen LogP contribution in [0.25, 0.3) is 0 Å². The molecule has 0 aliphatic heterocycles. The van der Waals surface area contributed by atoms with Crippen LogP contribution in [0.5, 0.6) is 17.2 Å². The summed E-state index contributed by atoms with van der Waals surface area (Å²) in [7, 11) is 4.78. The van der Waals surface area contributed by atoms with Gasteiger partial charge in [0.1, 0.15) is 0 Å². The first-order chi connectivity index (χ1) is 10.2. The molecule has 0 saturated heterocycles. The van der Waals surface area contributed by atoms with Crippen LogP contribution in [0.1, 0.15) is 16.7 Å². The molecule has 0 radical (unpaired) electrons. The van der Waals surface area contributed by atoms with Gasteiger partial charge >= 0.3 is 37.7 Å². The van der Waals surface area contributed by atoms with E-state index >= 15 is 0 Å². The number of methoxy groups -OCH3 is 3. The molecule has 6 heteroatoms. The largest absolute Gasteiger partial charge is 1.00 e. The molecule has 0 aliphatic rings. The monoisotopic (exact) mass is 300 g/mol. The van der Waals surface area contributed by atoms with E-state index in [4.69, 9.17) is 14.2 Å². The molecule has 0 aliphatic carbocycles. The molecule has 0 atom stereocenters. The molecule has 0 fully saturated rings. The molecule has 0 bridgehead atoms. The maximum atomic E-state index is 11.4. The van der Waals surface area contributed by atoms with Crippen molar-refractivity contribution in [2.45, 2.75) is 6.61 Å². The van der Waals surface area contributed by atoms with Crippen molar-refractivity contribution in [2.75, 3.05) is 21.3 Å². The molecule has 23 heavy (non-hydrogen) atoms. The average Bonchev–Trinajstić information content (AvgIpc) is 2.54. The van der Waals surface area contributed by atoms with Gasteiger partial charge in [-0.25, -0.2) is 0 Å². The standard InChI is InChI=1S/C17H18O4.2Li/c1-19-14-7-8-16(20-2)13(10-14)9-12-5-4-6-17(21-3)15(12)11-18;;/h4-10H,11H2,1-3H3;;/q-2;2*+1. The zero-order valence-electron chi connectivity index (χ0n) is 14.4. The Balaban J connectivity index is 0.00000242. The summed E-state index contributed by atoms with van der Waals surface area (Å²) in [6.45, 7) is -0.345. The molecule has 0 unspecified atom stereocenters. The molecule has 112 valence electrons. The Morgan fingerprint density at radius 2 is 1.57 bits per heavy atom. The molecule has 2 aromatic rings. The van der Waals surface area contributed by atoms with Crippen LogP contribution < -0.4 is 57.0 Å². The summed E-state index contributed by atoms with van der Waals surface area (Å²) >= 11 is 0. The van der Waals surface area contributed by atoms with Crippen LogP contribution in [0.2, 0.25) is 0 Å². The van der Waals surface area contributed by atoms with Crippen molar-refractivity contribution < 1.29 is 57.0 Å². The molecule has 0 heterocycles. The summed E-state index contributed by atoms with van der Waals surface area (Å²) in [5.74, 6) is 2.05. The Morgan fingerprint density at radius 3 is 2.13 bits per heavy atom. The summed E-state index contributed by atoms with van der Waals surface area (Å²) in [4.78, 5) is 0. The summed E-state index contributed by atoms with van der Waals surface area (Å²) in [6, 6.07) is 11.1. The zero-order valence-corrected chi connectivity index (χ0v) is 14.4. The van der Waals surface area contributed by atoms with Crippen LogP contribution in [0.4, 0.5) is 0 Å². The van der Waals surface area contributed by atoms with Crippen LogP contribution in [-0.2, 0) is 6.61 Å². The van der Waals surface area contributed by atoms with Crippen molar-refractivity contribution in [3.05, 3.63) is 59.5 Å². The Morgan fingerprint density at radius 1 is 0.870 bits per heavy atom. The molecular weight excluding hydrogens is 282 g/mol. The van der Waals surface area contributed by atoms with E-state index < -0.39 is 0 Å². The second-order valence-electron chi connectivity index (χ2n) is 4.42. The van der Waals surface area contributed by atoms with E-state index in [1.54, 1.807) is 27.4 Å². The third kappa shape index (κ3) is 5.18. The minimum Gasteiger partial charge on any atom is -0.857 e. The van der Waals surface area contributed by atoms with Crippen molar-refractivity contribution >= 4 is 0 Å². The van der Waals surface area contributed by atoms with Crippen LogP contribution in [0.15, 0.2) is 36.4 Å². The molecule has 0 aromatic heterocycles. The van der Waals surface area contributed by atoms with Crippen molar-refractivity contribution in [1.29, 1.82) is 0 Å². The Hall–Kier alpha value is -1.14. The molecule has 2 rings (SSSR count). The van der Waals surface area contributed by atoms with Crippen LogP contribution in [0, 0.1) is 6.42 Å². The Bertz CT molecular complexity index is 618. The van der Waals surface area contributed by atoms with E-state index in [1.807, 2.05) is 36.8 Å². The smallest absolute Gasteiger partial charge is 0.857 e. The first-order valence-corrected chi connectivity index (χ1v) is 6.54. The van der Waals surface area contributed by atoms with E-state index in [0.717, 1.165) is 22.6 Å². The first kappa shape index (κ1) is 21.9. The fourth-order valence-electron chi connectivity index (χ4n) is 2.18. The minimum absolute atomic E-state index is 0. The van der Waals surface area contributed by atoms with Gasteiger partial charge in [-0.05, 0) is 12.1 Å². The quantitative estimate of drug-likeness (QED) is 0.405. The van der Waals surface area contributed by atoms with Gasteiger partial charge in [0.05, 0.1) is 38.6 Å². The summed E-state index contributed by atoms with van der Waals surface area (Å²) < 4.78 is 15.8. The Kier molecular flexibility index (Phi) is 10.1. The summed E-state index contributed by atoms with van der Waals surface area (Å²) in [5, 5.41) is 11.4. The third-order valence-electron chi connectivity index (χ3n) is 3.28. The number of hydrogen-bond acceptors (Lipinski definition) is 4. The maximum absolute atomic E-state index is 11.4. The SMILES string of the molecule is COc1ccc(OC)c([CH-]c2cccc(OC)c2C[O-])c1.[Li+].[Li+]. The van der Waals surface area contributed by atoms with E-state index in [-0.39, 0.29) is 44.3 Å². The fourth-order valence-corrected chi connectivity index (χ4v) is 2.18. The van der Waals surface area contributed by atoms with Gasteiger partial charge in [-0.3, -0.25) is 0 Å². The van der Waals surface area contributed by atoms with E-state index in [9.17, 15) is 5.11 Å². The van der Waals surface area contributed by atoms with Gasteiger partial charge in [-0.15, -0.1) is 24.7 Å². The van der Waals surface area contributed by atoms with Crippen molar-refractivity contribution in [2.24, 2.45) is 0 Å². The van der Waals surface area contributed by atoms with E-state index in [0.29, 0.717) is 11.3 Å². The van der Waals surface area contributed by atoms with Crippen molar-refractivity contribution in [1.82, 2.24) is 0 Å².